The first-order valence-electron chi connectivity index (χ1n) is 36.3. The van der Waals surface area contributed by atoms with E-state index in [2.05, 4.69) is 46.2 Å². The van der Waals surface area contributed by atoms with Crippen LogP contribution in [-0.4, -0.2) is 214 Å². The van der Waals surface area contributed by atoms with Crippen molar-refractivity contribution in [2.75, 3.05) is 78.2 Å². The van der Waals surface area contributed by atoms with Crippen molar-refractivity contribution in [3.05, 3.63) is 108 Å². The number of primary amides is 1. The van der Waals surface area contributed by atoms with E-state index >= 15 is 0 Å². The van der Waals surface area contributed by atoms with Gasteiger partial charge < -0.3 is 65.3 Å². The normalized spacial score (nSPS) is 16.7. The number of rotatable bonds is 43. The summed E-state index contributed by atoms with van der Waals surface area (Å²) in [5.74, 6) is -6.88. The van der Waals surface area contributed by atoms with E-state index in [4.69, 9.17) is 19.9 Å². The van der Waals surface area contributed by atoms with Crippen molar-refractivity contribution < 1.29 is 71.7 Å². The number of aromatic nitrogens is 1. The molecule has 0 bridgehead atoms. The number of Topliss-reactive ketones (excluding diaryl/α,β-unsaturated/α-hetero) is 3. The van der Waals surface area contributed by atoms with Gasteiger partial charge in [0, 0.05) is 114 Å². The van der Waals surface area contributed by atoms with Crippen LogP contribution in [0.15, 0.2) is 91.5 Å². The molecule has 26 nitrogen and oxygen atoms in total. The molecule has 2 aliphatic heterocycles. The van der Waals surface area contributed by atoms with Crippen LogP contribution >= 0.6 is 23.1 Å². The number of thiazole rings is 1. The number of carbonyl (C=O) groups excluding carboxylic acids is 12. The maximum Gasteiger partial charge on any atom is 0.410 e. The Bertz CT molecular complexity index is 3390. The number of thioether (sulfide) groups is 1. The van der Waals surface area contributed by atoms with E-state index in [1.54, 1.807) is 63.4 Å². The van der Waals surface area contributed by atoms with Gasteiger partial charge in [0.05, 0.1) is 73.6 Å². The van der Waals surface area contributed by atoms with Crippen molar-refractivity contribution in [2.45, 2.75) is 182 Å². The Kier molecular flexibility index (Phi) is 36.0. The van der Waals surface area contributed by atoms with Crippen LogP contribution in [0.2, 0.25) is 0 Å². The summed E-state index contributed by atoms with van der Waals surface area (Å²) in [7, 11) is 6.30. The fraction of sp³-hybridized carbons (Fsp3) is 0.597. The molecule has 0 aliphatic carbocycles. The van der Waals surface area contributed by atoms with E-state index in [9.17, 15) is 57.5 Å². The van der Waals surface area contributed by atoms with Gasteiger partial charge in [0.25, 0.3) is 0 Å². The predicted molar refractivity (Wildman–Crippen MR) is 405 cm³/mol. The fourth-order valence-corrected chi connectivity index (χ4v) is 15.4. The van der Waals surface area contributed by atoms with Crippen LogP contribution in [0.3, 0.4) is 0 Å². The van der Waals surface area contributed by atoms with Gasteiger partial charge in [0.1, 0.15) is 12.4 Å². The Hall–Kier alpha value is -8.34. The minimum absolute atomic E-state index is 0.00879. The zero-order chi connectivity index (χ0) is 77.8. The highest BCUT2D eigenvalue weighted by Crippen LogP contribution is 2.35. The maximum atomic E-state index is 15.0. The number of nitrogens with one attached hydrogen (secondary N) is 3. The lowest BCUT2D eigenvalue weighted by molar-refractivity contribution is -0.154. The molecular formula is C77H113N11O15S2. The van der Waals surface area contributed by atoms with E-state index in [1.807, 2.05) is 76.9 Å². The van der Waals surface area contributed by atoms with Gasteiger partial charge in [-0.25, -0.2) is 14.6 Å². The van der Waals surface area contributed by atoms with Crippen molar-refractivity contribution in [1.82, 2.24) is 45.0 Å². The van der Waals surface area contributed by atoms with Gasteiger partial charge in [0.2, 0.25) is 41.4 Å². The molecule has 2 saturated heterocycles. The smallest absolute Gasteiger partial charge is 0.410 e. The summed E-state index contributed by atoms with van der Waals surface area (Å²) in [6, 6.07) is 12.9. The number of likely N-dealkylation sites (tertiary alicyclic amines) is 1. The molecule has 11 atom stereocenters. The van der Waals surface area contributed by atoms with Gasteiger partial charge in [-0.3, -0.25) is 47.9 Å². The number of hydrogen-bond acceptors (Lipinski definition) is 18. The molecule has 10 amide bonds. The molecule has 2 aromatic carbocycles. The molecule has 0 saturated carbocycles. The fourth-order valence-electron chi connectivity index (χ4n) is 13.9. The number of nitrogens with two attached hydrogens (primary N) is 1. The second-order valence-electron chi connectivity index (χ2n) is 28.5. The number of urea groups is 1. The molecule has 2 aliphatic rings. The molecule has 28 heteroatoms. The third-order valence-corrected chi connectivity index (χ3v) is 21.8. The SMILES string of the molecule is C=CC(=O)N1CN(C(=O)C=C)CN(C(=O)CCSCC(=O)N[C@H](C(=O)C[C@@H](CCCNC(N)=O)C(=O)Nc2ccc(COC(=O)N(C)[C@H](C(=O)C[C@H](C(=O)N(C)[C@@H]([C@@H](C)CC)[C@@H](CC(=O)N3CCC[C@H]3[C@H](OC)[C@@H](C)C(=O)C[C@@H](Cc3ccccc3)c3nccs3)OC)C(C)C)C(C)C)cc2)C(C)C)C1. The Balaban J connectivity index is 1.17. The molecule has 1 aromatic heterocycles. The molecule has 0 unspecified atom stereocenters. The number of ketones is 3. The van der Waals surface area contributed by atoms with E-state index < -0.39 is 89.6 Å². The quantitative estimate of drug-likeness (QED) is 0.0303. The van der Waals surface area contributed by atoms with Crippen molar-refractivity contribution in [1.29, 1.82) is 0 Å². The summed E-state index contributed by atoms with van der Waals surface area (Å²) in [4.78, 5) is 176. The summed E-state index contributed by atoms with van der Waals surface area (Å²) < 4.78 is 18.1. The molecule has 0 spiro atoms. The molecular weight excluding hydrogens is 1380 g/mol. The highest BCUT2D eigenvalue weighted by Gasteiger charge is 2.44. The molecule has 5 rings (SSSR count). The second kappa shape index (κ2) is 43.3. The Morgan fingerprint density at radius 2 is 1.40 bits per heavy atom. The Labute approximate surface area is 628 Å². The van der Waals surface area contributed by atoms with Gasteiger partial charge in [0.15, 0.2) is 11.6 Å². The van der Waals surface area contributed by atoms with Crippen molar-refractivity contribution in [2.24, 2.45) is 47.2 Å². The highest BCUT2D eigenvalue weighted by molar-refractivity contribution is 7.99. The number of ether oxygens (including phenoxy) is 3. The predicted octanol–water partition coefficient (Wildman–Crippen LogP) is 8.84. The molecule has 5 N–H and O–H groups in total. The number of hydrogen-bond donors (Lipinski definition) is 4. The summed E-state index contributed by atoms with van der Waals surface area (Å²) in [6.07, 6.45) is 4.74. The number of anilines is 1. The standard InChI is InChI=1S/C77H113N11O15S2/c1-16-51(10)71(63(101-14)42-68(96)88-35-23-27-59(88)72(102-15)52(11)60(89)40-56(74-79-34-37-105-74)38-53-24-20-19-21-25-53)83(12)75(98)58(48(4)5)41-62(91)70(50(8)9)84(13)77(100)103-43-54-28-30-57(31-29-54)81-73(97)55(26-22-33-80-76(78)99)39-61(90)69(49(6)7)82-64(92)44-104-36-32-67(95)87-46-85(65(93)17-2)45-86(47-87)66(94)18-3/h17-21,24-25,28-31,34,37,48-52,55-56,58-59,63,69-72H,2-3,16,22-23,26-27,32-33,35-36,38-47H2,1,4-15H3,(H,81,97)(H,82,92)(H3,78,80,99)/t51-,52-,55+,56+,58-,59-,63+,69-,70-,71-,72+/m0/s1. The number of amides is 10. The minimum atomic E-state index is -0.978. The lowest BCUT2D eigenvalue weighted by Gasteiger charge is -2.41. The summed E-state index contributed by atoms with van der Waals surface area (Å²) >= 11 is 2.69. The maximum absolute atomic E-state index is 15.0. The third-order valence-electron chi connectivity index (χ3n) is 19.9. The number of methoxy groups -OCH3 is 2. The largest absolute Gasteiger partial charge is 0.445 e. The van der Waals surface area contributed by atoms with Crippen molar-refractivity contribution in [3.63, 3.8) is 0 Å². The number of benzene rings is 2. The first-order chi connectivity index (χ1) is 49.9. The highest BCUT2D eigenvalue weighted by atomic mass is 32.2. The molecule has 578 valence electrons. The van der Waals surface area contributed by atoms with Gasteiger partial charge in [-0.1, -0.05) is 124 Å². The summed E-state index contributed by atoms with van der Waals surface area (Å²) in [6.45, 7) is 24.0. The summed E-state index contributed by atoms with van der Waals surface area (Å²) in [5, 5.41) is 11.0. The summed E-state index contributed by atoms with van der Waals surface area (Å²) in [5.41, 5.74) is 7.31. The Morgan fingerprint density at radius 3 is 1.96 bits per heavy atom. The first-order valence-corrected chi connectivity index (χ1v) is 38.4. The third kappa shape index (κ3) is 26.0. The van der Waals surface area contributed by atoms with Gasteiger partial charge >= 0.3 is 12.1 Å². The van der Waals surface area contributed by atoms with Gasteiger partial charge in [-0.2, -0.15) is 11.8 Å². The molecule has 2 fully saturated rings. The van der Waals surface area contributed by atoms with Crippen molar-refractivity contribution in [3.8, 4) is 0 Å². The van der Waals surface area contributed by atoms with Crippen LogP contribution < -0.4 is 21.7 Å². The molecule has 3 aromatic rings. The van der Waals surface area contributed by atoms with E-state index in [0.29, 0.717) is 37.1 Å². The van der Waals surface area contributed by atoms with Crippen LogP contribution in [0.5, 0.6) is 0 Å². The number of nitrogens with zero attached hydrogens (tertiary/aromatic N) is 7. The van der Waals surface area contributed by atoms with E-state index in [1.165, 1.54) is 45.1 Å². The van der Waals surface area contributed by atoms with Crippen LogP contribution in [0, 0.1) is 41.4 Å². The van der Waals surface area contributed by atoms with E-state index in [-0.39, 0.29) is 155 Å². The monoisotopic (exact) mass is 1500 g/mol. The molecule has 105 heavy (non-hydrogen) atoms. The van der Waals surface area contributed by atoms with Gasteiger partial charge in [-0.05, 0) is 91.2 Å². The zero-order valence-corrected chi connectivity index (χ0v) is 65.2. The lowest BCUT2D eigenvalue weighted by Crippen LogP contribution is -2.59. The average Bonchev–Trinajstić information content (AvgIpc) is 1.80. The van der Waals surface area contributed by atoms with Crippen LogP contribution in [0.4, 0.5) is 15.3 Å². The van der Waals surface area contributed by atoms with Gasteiger partial charge in [-0.15, -0.1) is 11.3 Å². The van der Waals surface area contributed by atoms with Crippen LogP contribution in [0.25, 0.3) is 0 Å². The molecule has 0 radical (unpaired) electrons. The minimum Gasteiger partial charge on any atom is -0.445 e. The number of likely N-dealkylation sites (N-methyl/N-ethyl adjacent to an activating group) is 2. The zero-order valence-electron chi connectivity index (χ0n) is 63.6. The average molecular weight is 1500 g/mol. The lowest BCUT2D eigenvalue weighted by atomic mass is 9.83. The Morgan fingerprint density at radius 1 is 0.752 bits per heavy atom. The second-order valence-corrected chi connectivity index (χ2v) is 30.5. The first kappa shape index (κ1) is 87.3. The molecule has 3 heterocycles. The van der Waals surface area contributed by atoms with Crippen molar-refractivity contribution >= 4 is 99.6 Å². The van der Waals surface area contributed by atoms with E-state index in [0.717, 1.165) is 40.9 Å². The van der Waals surface area contributed by atoms with Crippen LogP contribution in [0.1, 0.15) is 149 Å². The van der Waals surface area contributed by atoms with Crippen LogP contribution in [-0.2, 0) is 75.2 Å². The number of carbonyl (C=O) groups is 12. The topological polar surface area (TPSA) is 327 Å².